The summed E-state index contributed by atoms with van der Waals surface area (Å²) in [5.41, 5.74) is 0.828. The minimum Gasteiger partial charge on any atom is -0.282 e. The predicted octanol–water partition coefficient (Wildman–Crippen LogP) is 2.95. The summed E-state index contributed by atoms with van der Waals surface area (Å²) in [7, 11) is -3.91. The Morgan fingerprint density at radius 3 is 2.55 bits per heavy atom. The number of aryl methyl sites for hydroxylation is 1. The molecule has 20 heavy (non-hydrogen) atoms. The van der Waals surface area contributed by atoms with Gasteiger partial charge in [-0.05, 0) is 25.0 Å². The Morgan fingerprint density at radius 1 is 1.35 bits per heavy atom. The number of anilines is 1. The number of halogens is 3. The van der Waals surface area contributed by atoms with Crippen molar-refractivity contribution in [1.82, 2.24) is 0 Å². The molecule has 0 aliphatic rings. The first-order valence-corrected chi connectivity index (χ1v) is 7.37. The molecule has 1 aromatic carbocycles. The molecule has 0 amide bonds. The van der Waals surface area contributed by atoms with Crippen LogP contribution in [-0.4, -0.2) is 20.3 Å². The highest BCUT2D eigenvalue weighted by molar-refractivity contribution is 7.92. The quantitative estimate of drug-likeness (QED) is 0.909. The fourth-order valence-corrected chi connectivity index (χ4v) is 2.71. The summed E-state index contributed by atoms with van der Waals surface area (Å²) < 4.78 is 61.4. The molecular weight excluding hydrogens is 293 g/mol. The third-order valence-electron chi connectivity index (χ3n) is 2.52. The van der Waals surface area contributed by atoms with E-state index in [1.165, 1.54) is 6.07 Å². The van der Waals surface area contributed by atoms with Crippen LogP contribution in [0.3, 0.4) is 0 Å². The van der Waals surface area contributed by atoms with Crippen LogP contribution in [0.25, 0.3) is 0 Å². The zero-order valence-corrected chi connectivity index (χ0v) is 11.5. The lowest BCUT2D eigenvalue weighted by atomic mass is 10.1. The van der Waals surface area contributed by atoms with Gasteiger partial charge in [-0.3, -0.25) is 4.72 Å². The molecule has 0 heterocycles. The van der Waals surface area contributed by atoms with Crippen molar-refractivity contribution in [2.45, 2.75) is 25.9 Å². The van der Waals surface area contributed by atoms with Crippen molar-refractivity contribution in [3.63, 3.8) is 0 Å². The molecule has 0 spiro atoms. The maximum Gasteiger partial charge on any atom is 0.389 e. The van der Waals surface area contributed by atoms with Gasteiger partial charge < -0.3 is 0 Å². The minimum absolute atomic E-state index is 0.0829. The number of nitrogens with one attached hydrogen (secondary N) is 1. The summed E-state index contributed by atoms with van der Waals surface area (Å²) in [4.78, 5) is 0. The lowest BCUT2D eigenvalue weighted by Gasteiger charge is -2.11. The molecule has 0 aliphatic carbocycles. The van der Waals surface area contributed by atoms with Gasteiger partial charge in [0.25, 0.3) is 0 Å². The highest BCUT2D eigenvalue weighted by Crippen LogP contribution is 2.23. The van der Waals surface area contributed by atoms with E-state index in [0.717, 1.165) is 0 Å². The first-order valence-electron chi connectivity index (χ1n) is 5.71. The normalized spacial score (nSPS) is 11.9. The van der Waals surface area contributed by atoms with Crippen molar-refractivity contribution in [2.24, 2.45) is 0 Å². The van der Waals surface area contributed by atoms with E-state index < -0.39 is 34.8 Å². The number of rotatable bonds is 5. The Bertz CT molecular complexity index is 619. The molecule has 0 unspecified atom stereocenters. The summed E-state index contributed by atoms with van der Waals surface area (Å²) >= 11 is 0. The summed E-state index contributed by atoms with van der Waals surface area (Å²) in [5.74, 6) is -0.647. The fraction of sp³-hybridized carbons (Fsp3) is 0.417. The fourth-order valence-electron chi connectivity index (χ4n) is 1.58. The van der Waals surface area contributed by atoms with Gasteiger partial charge >= 0.3 is 6.18 Å². The molecule has 0 aliphatic heterocycles. The average Bonchev–Trinajstić information content (AvgIpc) is 2.26. The molecule has 0 aromatic heterocycles. The Morgan fingerprint density at radius 2 is 2.00 bits per heavy atom. The van der Waals surface area contributed by atoms with Crippen LogP contribution in [0.15, 0.2) is 18.2 Å². The second-order valence-electron chi connectivity index (χ2n) is 4.25. The predicted molar refractivity (Wildman–Crippen MR) is 68.6 cm³/mol. The van der Waals surface area contributed by atoms with Gasteiger partial charge in [0.2, 0.25) is 10.0 Å². The molecule has 0 radical (unpaired) electrons. The van der Waals surface area contributed by atoms with Crippen molar-refractivity contribution < 1.29 is 21.6 Å². The monoisotopic (exact) mass is 306 g/mol. The molecule has 0 bridgehead atoms. The topological polar surface area (TPSA) is 70.0 Å². The number of sulfonamides is 1. The molecular formula is C12H13F3N2O2S. The maximum atomic E-state index is 12.0. The molecule has 0 atom stereocenters. The van der Waals surface area contributed by atoms with E-state index in [4.69, 9.17) is 5.26 Å². The molecule has 110 valence electrons. The van der Waals surface area contributed by atoms with Gasteiger partial charge in [-0.15, -0.1) is 0 Å². The van der Waals surface area contributed by atoms with Crippen LogP contribution in [-0.2, 0) is 10.0 Å². The molecule has 0 saturated heterocycles. The molecule has 1 rings (SSSR count). The Labute approximate surface area is 115 Å². The van der Waals surface area contributed by atoms with Crippen LogP contribution in [0.4, 0.5) is 18.9 Å². The zero-order valence-electron chi connectivity index (χ0n) is 10.7. The summed E-state index contributed by atoms with van der Waals surface area (Å²) in [5, 5.41) is 8.95. The number of alkyl halides is 3. The van der Waals surface area contributed by atoms with Crippen LogP contribution >= 0.6 is 0 Å². The van der Waals surface area contributed by atoms with Crippen molar-refractivity contribution in [2.75, 3.05) is 10.5 Å². The second-order valence-corrected chi connectivity index (χ2v) is 6.09. The van der Waals surface area contributed by atoms with Crippen molar-refractivity contribution in [3.8, 4) is 6.07 Å². The Balaban J connectivity index is 2.78. The van der Waals surface area contributed by atoms with Gasteiger partial charge in [0.15, 0.2) is 0 Å². The van der Waals surface area contributed by atoms with Gasteiger partial charge in [0.1, 0.15) is 6.07 Å². The molecule has 1 N–H and O–H groups in total. The van der Waals surface area contributed by atoms with Crippen LogP contribution < -0.4 is 4.72 Å². The largest absolute Gasteiger partial charge is 0.389 e. The SMILES string of the molecule is Cc1cccc(NS(=O)(=O)CCCC(F)(F)F)c1C#N. The van der Waals surface area contributed by atoms with Crippen LogP contribution in [0.5, 0.6) is 0 Å². The van der Waals surface area contributed by atoms with Gasteiger partial charge in [-0.25, -0.2) is 8.42 Å². The first-order chi connectivity index (χ1) is 9.14. The average molecular weight is 306 g/mol. The van der Waals surface area contributed by atoms with E-state index in [0.29, 0.717) is 5.56 Å². The number of nitriles is 1. The van der Waals surface area contributed by atoms with Gasteiger partial charge in [0, 0.05) is 6.42 Å². The van der Waals surface area contributed by atoms with Gasteiger partial charge in [-0.2, -0.15) is 18.4 Å². The van der Waals surface area contributed by atoms with E-state index in [-0.39, 0.29) is 11.3 Å². The van der Waals surface area contributed by atoms with E-state index in [1.54, 1.807) is 19.1 Å². The highest BCUT2D eigenvalue weighted by Gasteiger charge is 2.27. The van der Waals surface area contributed by atoms with Crippen LogP contribution in [0.2, 0.25) is 0 Å². The van der Waals surface area contributed by atoms with Gasteiger partial charge in [0.05, 0.1) is 17.0 Å². The van der Waals surface area contributed by atoms with Crippen LogP contribution in [0, 0.1) is 18.3 Å². The number of benzene rings is 1. The van der Waals surface area contributed by atoms with E-state index in [9.17, 15) is 21.6 Å². The second kappa shape index (κ2) is 6.13. The zero-order chi connectivity index (χ0) is 15.4. The number of nitrogens with zero attached hydrogens (tertiary/aromatic N) is 1. The third kappa shape index (κ3) is 5.09. The maximum absolute atomic E-state index is 12.0. The summed E-state index contributed by atoms with van der Waals surface area (Å²) in [6, 6.07) is 6.45. The minimum atomic E-state index is -4.38. The van der Waals surface area contributed by atoms with E-state index in [1.807, 2.05) is 6.07 Å². The van der Waals surface area contributed by atoms with Crippen LogP contribution in [0.1, 0.15) is 24.0 Å². The molecule has 4 nitrogen and oxygen atoms in total. The molecule has 0 saturated carbocycles. The summed E-state index contributed by atoms with van der Waals surface area (Å²) in [6.07, 6.45) is -6.06. The van der Waals surface area contributed by atoms with E-state index in [2.05, 4.69) is 4.72 Å². The lowest BCUT2D eigenvalue weighted by Crippen LogP contribution is -2.19. The third-order valence-corrected chi connectivity index (χ3v) is 3.88. The Kier molecular flexibility index (Phi) is 5.00. The molecule has 8 heteroatoms. The molecule has 1 aromatic rings. The lowest BCUT2D eigenvalue weighted by molar-refractivity contribution is -0.134. The van der Waals surface area contributed by atoms with Crippen molar-refractivity contribution in [1.29, 1.82) is 5.26 Å². The first kappa shape index (κ1) is 16.3. The van der Waals surface area contributed by atoms with Gasteiger partial charge in [-0.1, -0.05) is 12.1 Å². The van der Waals surface area contributed by atoms with E-state index >= 15 is 0 Å². The standard InChI is InChI=1S/C12H13F3N2O2S/c1-9-4-2-5-11(10(9)8-16)17-20(18,19)7-3-6-12(13,14)15/h2,4-5,17H,3,6-7H2,1H3. The smallest absolute Gasteiger partial charge is 0.282 e. The van der Waals surface area contributed by atoms with Crippen molar-refractivity contribution in [3.05, 3.63) is 29.3 Å². The Hall–Kier alpha value is -1.75. The number of hydrogen-bond donors (Lipinski definition) is 1. The summed E-state index contributed by atoms with van der Waals surface area (Å²) in [6.45, 7) is 1.64. The highest BCUT2D eigenvalue weighted by atomic mass is 32.2. The molecule has 0 fully saturated rings. The van der Waals surface area contributed by atoms with Crippen molar-refractivity contribution >= 4 is 15.7 Å². The number of hydrogen-bond acceptors (Lipinski definition) is 3.